The normalized spacial score (nSPS) is 10.9. The van der Waals surface area contributed by atoms with Crippen molar-refractivity contribution in [3.63, 3.8) is 0 Å². The summed E-state index contributed by atoms with van der Waals surface area (Å²) >= 11 is 9.65. The highest BCUT2D eigenvalue weighted by Crippen LogP contribution is 2.35. The highest BCUT2D eigenvalue weighted by molar-refractivity contribution is 9.10. The number of nitrogens with zero attached hydrogens (tertiary/aromatic N) is 8. The molecule has 0 spiro atoms. The highest BCUT2D eigenvalue weighted by atomic mass is 79.9. The lowest BCUT2D eigenvalue weighted by molar-refractivity contribution is 0.102. The van der Waals surface area contributed by atoms with Crippen LogP contribution in [0.2, 0.25) is 5.02 Å². The molecule has 5 aromatic rings. The number of hydrogen-bond acceptors (Lipinski definition) is 7. The van der Waals surface area contributed by atoms with E-state index in [2.05, 4.69) is 46.5 Å². The fourth-order valence-electron chi connectivity index (χ4n) is 3.91. The van der Waals surface area contributed by atoms with Crippen LogP contribution in [0.1, 0.15) is 28.5 Å². The summed E-state index contributed by atoms with van der Waals surface area (Å²) in [5.41, 5.74) is -0.462. The number of amides is 1. The Hall–Kier alpha value is -4.61. The van der Waals surface area contributed by atoms with Gasteiger partial charge in [0.25, 0.3) is 5.91 Å². The second kappa shape index (κ2) is 10.9. The maximum Gasteiger partial charge on any atom is 0.259 e. The Morgan fingerprint density at radius 1 is 1.10 bits per heavy atom. The van der Waals surface area contributed by atoms with E-state index in [4.69, 9.17) is 11.6 Å². The van der Waals surface area contributed by atoms with Gasteiger partial charge in [0.05, 0.1) is 46.3 Å². The molecule has 4 aromatic heterocycles. The van der Waals surface area contributed by atoms with Crippen LogP contribution in [0.25, 0.3) is 22.9 Å². The van der Waals surface area contributed by atoms with Gasteiger partial charge >= 0.3 is 0 Å². The van der Waals surface area contributed by atoms with Crippen LogP contribution in [-0.2, 0) is 6.42 Å². The lowest BCUT2D eigenvalue weighted by atomic mass is 10.0. The van der Waals surface area contributed by atoms with Crippen LogP contribution in [0.5, 0.6) is 0 Å². The van der Waals surface area contributed by atoms with Gasteiger partial charge in [-0.15, -0.1) is 4.80 Å². The molecule has 200 valence electrons. The molecule has 0 saturated heterocycles. The Kier molecular flexibility index (Phi) is 7.33. The van der Waals surface area contributed by atoms with Gasteiger partial charge < -0.3 is 5.32 Å². The average molecular weight is 629 g/mol. The highest BCUT2D eigenvalue weighted by Gasteiger charge is 2.30. The smallest absolute Gasteiger partial charge is 0.259 e. The third-order valence-electron chi connectivity index (χ3n) is 5.65. The summed E-state index contributed by atoms with van der Waals surface area (Å²) in [7, 11) is 0. The van der Waals surface area contributed by atoms with Gasteiger partial charge in [-0.1, -0.05) is 18.5 Å². The van der Waals surface area contributed by atoms with Crippen molar-refractivity contribution in [3.8, 4) is 29.0 Å². The van der Waals surface area contributed by atoms with Crippen molar-refractivity contribution in [3.05, 3.63) is 92.8 Å². The number of aromatic nitrogens is 7. The predicted molar refractivity (Wildman–Crippen MR) is 141 cm³/mol. The molecule has 4 heterocycles. The first kappa shape index (κ1) is 27.0. The Labute approximate surface area is 237 Å². The Morgan fingerprint density at radius 2 is 1.82 bits per heavy atom. The summed E-state index contributed by atoms with van der Waals surface area (Å²) in [6.45, 7) is 1.70. The van der Waals surface area contributed by atoms with Gasteiger partial charge in [0.1, 0.15) is 11.6 Å². The first-order valence-electron chi connectivity index (χ1n) is 11.4. The summed E-state index contributed by atoms with van der Waals surface area (Å²) in [5, 5.41) is 24.6. The lowest BCUT2D eigenvalue weighted by Crippen LogP contribution is -2.16. The third kappa shape index (κ3) is 4.80. The summed E-state index contributed by atoms with van der Waals surface area (Å²) in [5.74, 6) is -5.30. The second-order valence-corrected chi connectivity index (χ2v) is 9.42. The van der Waals surface area contributed by atoms with Gasteiger partial charge in [0.2, 0.25) is 0 Å². The van der Waals surface area contributed by atoms with E-state index in [0.29, 0.717) is 4.47 Å². The summed E-state index contributed by atoms with van der Waals surface area (Å²) in [6, 6.07) is 6.55. The van der Waals surface area contributed by atoms with Crippen molar-refractivity contribution in [1.29, 1.82) is 5.26 Å². The largest absolute Gasteiger partial charge is 0.320 e. The van der Waals surface area contributed by atoms with Gasteiger partial charge in [-0.3, -0.25) is 4.79 Å². The number of hydrogen-bond donors (Lipinski definition) is 1. The molecule has 0 radical (unpaired) electrons. The minimum atomic E-state index is -1.73. The van der Waals surface area contributed by atoms with Crippen LogP contribution in [-0.4, -0.2) is 40.6 Å². The van der Waals surface area contributed by atoms with Gasteiger partial charge in [-0.05, 0) is 46.6 Å². The Balaban J connectivity index is 1.68. The standard InChI is InChI=1S/C25H14BrClF3N9O/c1-2-18-19(25(40)36-14-7-12(9-31)23(33-11-14)39-34-5-6-35-39)22(15-3-4-17(28)21(30)20(15)29)38(37-18)24-16(27)8-13(26)10-32-24/h3-8,10-11H,2H2,1H3,(H,36,40). The maximum absolute atomic E-state index is 15.2. The number of carbonyl (C=O) groups excluding carboxylic acids is 1. The zero-order valence-corrected chi connectivity index (χ0v) is 22.5. The SMILES string of the molecule is CCc1nn(-c2ncc(Br)cc2Cl)c(-c2ccc(F)c(F)c2F)c1C(=O)Nc1cnc(-n2nccn2)c(C#N)c1. The molecule has 0 bridgehead atoms. The van der Waals surface area contributed by atoms with E-state index in [1.165, 1.54) is 36.9 Å². The first-order chi connectivity index (χ1) is 19.2. The maximum atomic E-state index is 15.2. The summed E-state index contributed by atoms with van der Waals surface area (Å²) in [6.07, 6.45) is 5.69. The van der Waals surface area contributed by atoms with Crippen LogP contribution in [0.3, 0.4) is 0 Å². The molecule has 40 heavy (non-hydrogen) atoms. The third-order valence-corrected chi connectivity index (χ3v) is 6.36. The molecule has 15 heteroatoms. The first-order valence-corrected chi connectivity index (χ1v) is 12.6. The number of nitriles is 1. The van der Waals surface area contributed by atoms with Gasteiger partial charge in [-0.25, -0.2) is 27.8 Å². The number of halogens is 5. The number of anilines is 1. The van der Waals surface area contributed by atoms with E-state index in [9.17, 15) is 18.8 Å². The molecule has 0 fully saturated rings. The molecule has 1 amide bonds. The monoisotopic (exact) mass is 627 g/mol. The minimum Gasteiger partial charge on any atom is -0.320 e. The molecular weight excluding hydrogens is 615 g/mol. The van der Waals surface area contributed by atoms with Crippen molar-refractivity contribution in [2.45, 2.75) is 13.3 Å². The van der Waals surface area contributed by atoms with Crippen LogP contribution in [0.15, 0.2) is 53.5 Å². The van der Waals surface area contributed by atoms with Crippen molar-refractivity contribution in [2.24, 2.45) is 0 Å². The molecule has 0 aliphatic carbocycles. The average Bonchev–Trinajstić information content (AvgIpc) is 3.60. The topological polar surface area (TPSA) is 127 Å². The van der Waals surface area contributed by atoms with Crippen LogP contribution >= 0.6 is 27.5 Å². The van der Waals surface area contributed by atoms with Crippen LogP contribution in [0.4, 0.5) is 18.9 Å². The molecule has 0 unspecified atom stereocenters. The van der Waals surface area contributed by atoms with Crippen LogP contribution < -0.4 is 5.32 Å². The number of pyridine rings is 2. The van der Waals surface area contributed by atoms with Crippen molar-refractivity contribution < 1.29 is 18.0 Å². The molecule has 0 atom stereocenters. The second-order valence-electron chi connectivity index (χ2n) is 8.10. The van der Waals surface area contributed by atoms with E-state index in [0.717, 1.165) is 21.6 Å². The quantitative estimate of drug-likeness (QED) is 0.249. The zero-order chi connectivity index (χ0) is 28.6. The van der Waals surface area contributed by atoms with Gasteiger partial charge in [0, 0.05) is 16.2 Å². The molecule has 1 N–H and O–H groups in total. The number of nitrogens with one attached hydrogen (secondary N) is 1. The molecule has 10 nitrogen and oxygen atoms in total. The number of aryl methyl sites for hydroxylation is 1. The summed E-state index contributed by atoms with van der Waals surface area (Å²) < 4.78 is 45.0. The van der Waals surface area contributed by atoms with E-state index in [1.54, 1.807) is 6.92 Å². The Bertz CT molecular complexity index is 1820. The van der Waals surface area contributed by atoms with Crippen LogP contribution in [0, 0.1) is 28.8 Å². The van der Waals surface area contributed by atoms with E-state index < -0.39 is 28.9 Å². The molecule has 0 aliphatic rings. The van der Waals surface area contributed by atoms with Crippen molar-refractivity contribution in [2.75, 3.05) is 5.32 Å². The van der Waals surface area contributed by atoms with E-state index in [1.807, 2.05) is 6.07 Å². The molecule has 0 aliphatic heterocycles. The molecule has 5 rings (SSSR count). The van der Waals surface area contributed by atoms with Gasteiger partial charge in [0.15, 0.2) is 29.1 Å². The minimum absolute atomic E-state index is 0.0160. The predicted octanol–water partition coefficient (Wildman–Crippen LogP) is 5.43. The molecule has 1 aromatic carbocycles. The lowest BCUT2D eigenvalue weighted by Gasteiger charge is -2.13. The van der Waals surface area contributed by atoms with E-state index in [-0.39, 0.29) is 51.3 Å². The number of rotatable bonds is 6. The number of benzene rings is 1. The molecule has 0 saturated carbocycles. The van der Waals surface area contributed by atoms with Crippen molar-refractivity contribution in [1.82, 2.24) is 34.7 Å². The summed E-state index contributed by atoms with van der Waals surface area (Å²) in [4.78, 5) is 23.2. The molecular formula is C25H14BrClF3N9O. The van der Waals surface area contributed by atoms with E-state index >= 15 is 4.39 Å². The fraction of sp³-hybridized carbons (Fsp3) is 0.0800. The van der Waals surface area contributed by atoms with Gasteiger partial charge in [-0.2, -0.15) is 20.6 Å². The zero-order valence-electron chi connectivity index (χ0n) is 20.2. The Morgan fingerprint density at radius 3 is 2.50 bits per heavy atom. The number of carbonyl (C=O) groups is 1. The van der Waals surface area contributed by atoms with Crippen molar-refractivity contribution >= 4 is 39.1 Å². The fourth-order valence-corrected chi connectivity index (χ4v) is 4.62.